The lowest BCUT2D eigenvalue weighted by molar-refractivity contribution is -0.142. The summed E-state index contributed by atoms with van der Waals surface area (Å²) >= 11 is 1.51. The number of halogens is 1. The van der Waals surface area contributed by atoms with Crippen LogP contribution in [-0.4, -0.2) is 13.1 Å². The number of carbonyl (C=O) groups excluding carboxylic acids is 1. The number of methoxy groups -OCH3 is 1. The van der Waals surface area contributed by atoms with E-state index in [-0.39, 0.29) is 12.4 Å². The van der Waals surface area contributed by atoms with E-state index < -0.39 is 12.0 Å². The van der Waals surface area contributed by atoms with Gasteiger partial charge in [-0.15, -0.1) is 12.4 Å². The van der Waals surface area contributed by atoms with Crippen molar-refractivity contribution in [2.45, 2.75) is 6.04 Å². The molecular formula is C7H10ClNO2S. The summed E-state index contributed by atoms with van der Waals surface area (Å²) in [6.45, 7) is 0. The predicted molar refractivity (Wildman–Crippen MR) is 50.5 cm³/mol. The Labute approximate surface area is 80.9 Å². The van der Waals surface area contributed by atoms with Gasteiger partial charge < -0.3 is 10.5 Å². The van der Waals surface area contributed by atoms with Crippen LogP contribution in [0.25, 0.3) is 0 Å². The lowest BCUT2D eigenvalue weighted by atomic mass is 10.2. The standard InChI is InChI=1S/C7H9NO2S.ClH/c1-10-7(9)6(8)5-2-3-11-4-5;/h2-4,6H,8H2,1H3;1H/t6-;/m0./s1. The van der Waals surface area contributed by atoms with Crippen molar-refractivity contribution in [3.8, 4) is 0 Å². The highest BCUT2D eigenvalue weighted by molar-refractivity contribution is 7.08. The van der Waals surface area contributed by atoms with Gasteiger partial charge in [-0.25, -0.2) is 0 Å². The van der Waals surface area contributed by atoms with Crippen molar-refractivity contribution in [2.75, 3.05) is 7.11 Å². The van der Waals surface area contributed by atoms with Crippen LogP contribution < -0.4 is 5.73 Å². The summed E-state index contributed by atoms with van der Waals surface area (Å²) in [5.41, 5.74) is 6.33. The van der Waals surface area contributed by atoms with Gasteiger partial charge in [-0.3, -0.25) is 4.79 Å². The Morgan fingerprint density at radius 3 is 2.83 bits per heavy atom. The summed E-state index contributed by atoms with van der Waals surface area (Å²) in [6, 6.07) is 1.18. The lowest BCUT2D eigenvalue weighted by Crippen LogP contribution is -2.21. The average molecular weight is 208 g/mol. The maximum absolute atomic E-state index is 10.9. The van der Waals surface area contributed by atoms with Crippen molar-refractivity contribution in [2.24, 2.45) is 5.73 Å². The number of hydrogen-bond donors (Lipinski definition) is 1. The quantitative estimate of drug-likeness (QED) is 0.745. The Morgan fingerprint density at radius 1 is 1.75 bits per heavy atom. The Balaban J connectivity index is 0.00000121. The molecule has 1 heterocycles. The maximum atomic E-state index is 10.9. The third kappa shape index (κ3) is 2.48. The minimum atomic E-state index is -0.633. The molecule has 2 N–H and O–H groups in total. The van der Waals surface area contributed by atoms with Crippen LogP contribution >= 0.6 is 23.7 Å². The number of esters is 1. The minimum absolute atomic E-state index is 0. The molecule has 12 heavy (non-hydrogen) atoms. The Hall–Kier alpha value is -0.580. The van der Waals surface area contributed by atoms with E-state index in [9.17, 15) is 4.79 Å². The third-order valence-corrected chi connectivity index (χ3v) is 2.06. The van der Waals surface area contributed by atoms with Crippen molar-refractivity contribution in [1.82, 2.24) is 0 Å². The van der Waals surface area contributed by atoms with Crippen molar-refractivity contribution in [1.29, 1.82) is 0 Å². The first kappa shape index (κ1) is 11.4. The Morgan fingerprint density at radius 2 is 2.42 bits per heavy atom. The van der Waals surface area contributed by atoms with Gasteiger partial charge in [0.25, 0.3) is 0 Å². The largest absolute Gasteiger partial charge is 0.468 e. The molecule has 5 heteroatoms. The normalized spacial score (nSPS) is 11.5. The molecule has 0 unspecified atom stereocenters. The predicted octanol–water partition coefficient (Wildman–Crippen LogP) is 1.34. The number of hydrogen-bond acceptors (Lipinski definition) is 4. The van der Waals surface area contributed by atoms with E-state index in [1.165, 1.54) is 18.4 Å². The molecule has 1 aromatic rings. The zero-order valence-electron chi connectivity index (χ0n) is 6.52. The summed E-state index contributed by atoms with van der Waals surface area (Å²) in [7, 11) is 1.33. The van der Waals surface area contributed by atoms with Gasteiger partial charge in [0.05, 0.1) is 7.11 Å². The van der Waals surface area contributed by atoms with Gasteiger partial charge in [-0.05, 0) is 22.4 Å². The van der Waals surface area contributed by atoms with Gasteiger partial charge in [-0.1, -0.05) is 0 Å². The summed E-state index contributed by atoms with van der Waals surface area (Å²) in [5.74, 6) is -0.400. The van der Waals surface area contributed by atoms with Crippen molar-refractivity contribution in [3.63, 3.8) is 0 Å². The van der Waals surface area contributed by atoms with Crippen LogP contribution in [0.1, 0.15) is 11.6 Å². The van der Waals surface area contributed by atoms with Gasteiger partial charge in [0.15, 0.2) is 0 Å². The minimum Gasteiger partial charge on any atom is -0.468 e. The van der Waals surface area contributed by atoms with E-state index in [0.717, 1.165) is 5.56 Å². The first-order chi connectivity index (χ1) is 5.25. The molecule has 0 saturated heterocycles. The molecule has 0 fully saturated rings. The van der Waals surface area contributed by atoms with Crippen molar-refractivity contribution < 1.29 is 9.53 Å². The second-order valence-electron chi connectivity index (χ2n) is 2.06. The highest BCUT2D eigenvalue weighted by atomic mass is 35.5. The van der Waals surface area contributed by atoms with Gasteiger partial charge in [0.1, 0.15) is 6.04 Å². The van der Waals surface area contributed by atoms with Crippen LogP contribution in [0.2, 0.25) is 0 Å². The van der Waals surface area contributed by atoms with E-state index in [1.807, 2.05) is 16.8 Å². The van der Waals surface area contributed by atoms with E-state index in [1.54, 1.807) is 0 Å². The molecule has 0 amide bonds. The van der Waals surface area contributed by atoms with Crippen LogP contribution in [0.5, 0.6) is 0 Å². The van der Waals surface area contributed by atoms with Crippen molar-refractivity contribution in [3.05, 3.63) is 22.4 Å². The summed E-state index contributed by atoms with van der Waals surface area (Å²) in [6.07, 6.45) is 0. The monoisotopic (exact) mass is 207 g/mol. The van der Waals surface area contributed by atoms with Gasteiger partial charge in [-0.2, -0.15) is 11.3 Å². The number of carbonyl (C=O) groups is 1. The molecule has 1 aromatic heterocycles. The fraction of sp³-hybridized carbons (Fsp3) is 0.286. The molecule has 1 rings (SSSR count). The fourth-order valence-electron chi connectivity index (χ4n) is 0.715. The molecule has 0 radical (unpaired) electrons. The highest BCUT2D eigenvalue weighted by Gasteiger charge is 2.15. The van der Waals surface area contributed by atoms with E-state index >= 15 is 0 Å². The molecule has 0 bridgehead atoms. The van der Waals surface area contributed by atoms with Crippen LogP contribution in [0, 0.1) is 0 Å². The number of ether oxygens (including phenoxy) is 1. The lowest BCUT2D eigenvalue weighted by Gasteiger charge is -2.05. The molecule has 0 aliphatic rings. The molecule has 0 aliphatic heterocycles. The Kier molecular flexibility index (Phi) is 4.89. The van der Waals surface area contributed by atoms with Gasteiger partial charge >= 0.3 is 5.97 Å². The topological polar surface area (TPSA) is 52.3 Å². The molecule has 1 atom stereocenters. The average Bonchev–Trinajstić information content (AvgIpc) is 2.53. The molecule has 0 aromatic carbocycles. The molecule has 0 saturated carbocycles. The van der Waals surface area contributed by atoms with E-state index in [4.69, 9.17) is 5.73 Å². The molecule has 0 aliphatic carbocycles. The van der Waals surface area contributed by atoms with E-state index in [2.05, 4.69) is 4.74 Å². The number of thiophene rings is 1. The van der Waals surface area contributed by atoms with Crippen LogP contribution in [0.4, 0.5) is 0 Å². The molecule has 0 spiro atoms. The molecule has 3 nitrogen and oxygen atoms in total. The third-order valence-electron chi connectivity index (χ3n) is 1.36. The van der Waals surface area contributed by atoms with Gasteiger partial charge in [0, 0.05) is 0 Å². The van der Waals surface area contributed by atoms with Crippen LogP contribution in [-0.2, 0) is 9.53 Å². The number of rotatable bonds is 2. The highest BCUT2D eigenvalue weighted by Crippen LogP contribution is 2.14. The van der Waals surface area contributed by atoms with Crippen molar-refractivity contribution >= 4 is 29.7 Å². The smallest absolute Gasteiger partial charge is 0.327 e. The molecular weight excluding hydrogens is 198 g/mol. The summed E-state index contributed by atoms with van der Waals surface area (Å²) in [5, 5.41) is 3.71. The zero-order chi connectivity index (χ0) is 8.27. The molecule has 68 valence electrons. The fourth-order valence-corrected chi connectivity index (χ4v) is 1.41. The summed E-state index contributed by atoms with van der Waals surface area (Å²) in [4.78, 5) is 10.9. The van der Waals surface area contributed by atoms with Crippen LogP contribution in [0.15, 0.2) is 16.8 Å². The second-order valence-corrected chi connectivity index (χ2v) is 2.84. The first-order valence-corrected chi connectivity index (χ1v) is 4.05. The summed E-state index contributed by atoms with van der Waals surface area (Å²) < 4.78 is 4.48. The van der Waals surface area contributed by atoms with Gasteiger partial charge in [0.2, 0.25) is 0 Å². The zero-order valence-corrected chi connectivity index (χ0v) is 8.15. The second kappa shape index (κ2) is 5.13. The first-order valence-electron chi connectivity index (χ1n) is 3.11. The van der Waals surface area contributed by atoms with Crippen LogP contribution in [0.3, 0.4) is 0 Å². The number of nitrogens with two attached hydrogens (primary N) is 1. The van der Waals surface area contributed by atoms with E-state index in [0.29, 0.717) is 0 Å². The SMILES string of the molecule is COC(=O)[C@@H](N)c1ccsc1.Cl. The maximum Gasteiger partial charge on any atom is 0.327 e. The Bertz CT molecular complexity index is 238.